The summed E-state index contributed by atoms with van der Waals surface area (Å²) in [5.74, 6) is 0. The summed E-state index contributed by atoms with van der Waals surface area (Å²) in [6.45, 7) is 41.7. The predicted molar refractivity (Wildman–Crippen MR) is 158 cm³/mol. The van der Waals surface area contributed by atoms with Gasteiger partial charge in [0.1, 0.15) is 0 Å². The molecule has 0 saturated carbocycles. The van der Waals surface area contributed by atoms with Gasteiger partial charge in [0.25, 0.3) is 0 Å². The maximum Gasteiger partial charge on any atom is -0.0382 e. The molecule has 0 aromatic carbocycles. The van der Waals surface area contributed by atoms with Crippen LogP contribution in [0, 0.1) is 32.5 Å². The highest BCUT2D eigenvalue weighted by Gasteiger charge is 2.16. The Morgan fingerprint density at radius 3 is 0.515 bits per heavy atom. The zero-order valence-electron chi connectivity index (χ0n) is 27.4. The molecule has 0 radical (unpaired) electrons. The minimum atomic E-state index is 0.507. The number of hydrogen-bond donors (Lipinski definition) is 0. The molecule has 0 heterocycles. The molecular weight excluding hydrogens is 396 g/mol. The summed E-state index contributed by atoms with van der Waals surface area (Å²) in [5.41, 5.74) is 3.10. The van der Waals surface area contributed by atoms with Crippen molar-refractivity contribution in [3.8, 4) is 0 Å². The zero-order chi connectivity index (χ0) is 27.4. The highest BCUT2D eigenvalue weighted by molar-refractivity contribution is 4.69. The molecule has 0 unspecified atom stereocenters. The molecule has 204 valence electrons. The largest absolute Gasteiger partial charge is 0.0602 e. The second-order valence-electron chi connectivity index (χ2n) is 17.9. The van der Waals surface area contributed by atoms with E-state index in [0.29, 0.717) is 32.5 Å². The Kier molecular flexibility index (Phi) is 17.3. The lowest BCUT2D eigenvalue weighted by molar-refractivity contribution is 0.275. The molecule has 0 spiro atoms. The lowest BCUT2D eigenvalue weighted by atomic mass is 9.81. The fourth-order valence-electron chi connectivity index (χ4n) is 3.21. The molecular formula is C33H72. The number of hydrogen-bond acceptors (Lipinski definition) is 0. The molecule has 0 heteroatoms. The highest BCUT2D eigenvalue weighted by atomic mass is 14.2. The third kappa shape index (κ3) is 50.0. The second kappa shape index (κ2) is 15.2. The van der Waals surface area contributed by atoms with Gasteiger partial charge in [0.05, 0.1) is 0 Å². The van der Waals surface area contributed by atoms with Crippen molar-refractivity contribution in [2.75, 3.05) is 0 Å². The van der Waals surface area contributed by atoms with Crippen molar-refractivity contribution in [1.29, 1.82) is 0 Å². The van der Waals surface area contributed by atoms with E-state index in [1.165, 1.54) is 57.8 Å². The predicted octanol–water partition coefficient (Wildman–Crippen LogP) is 12.7. The first-order valence-electron chi connectivity index (χ1n) is 14.1. The third-order valence-corrected chi connectivity index (χ3v) is 5.58. The van der Waals surface area contributed by atoms with Crippen LogP contribution in [0.1, 0.15) is 182 Å². The van der Waals surface area contributed by atoms with Crippen LogP contribution >= 0.6 is 0 Å². The summed E-state index contributed by atoms with van der Waals surface area (Å²) in [6, 6.07) is 0. The van der Waals surface area contributed by atoms with E-state index < -0.39 is 0 Å². The molecule has 33 heavy (non-hydrogen) atoms. The van der Waals surface area contributed by atoms with Gasteiger partial charge in [0, 0.05) is 0 Å². The molecule has 0 amide bonds. The van der Waals surface area contributed by atoms with E-state index in [0.717, 1.165) is 0 Å². The molecule has 0 aromatic rings. The summed E-state index contributed by atoms with van der Waals surface area (Å²) >= 11 is 0. The van der Waals surface area contributed by atoms with Crippen LogP contribution in [0.3, 0.4) is 0 Å². The smallest absolute Gasteiger partial charge is 0.0382 e. The maximum absolute atomic E-state index is 2.32. The van der Waals surface area contributed by atoms with Gasteiger partial charge < -0.3 is 0 Å². The van der Waals surface area contributed by atoms with E-state index in [1.54, 1.807) is 0 Å². The van der Waals surface area contributed by atoms with Gasteiger partial charge in [-0.2, -0.15) is 0 Å². The fourth-order valence-corrected chi connectivity index (χ4v) is 3.21. The molecule has 0 aliphatic carbocycles. The monoisotopic (exact) mass is 469 g/mol. The highest BCUT2D eigenvalue weighted by Crippen LogP contribution is 2.30. The van der Waals surface area contributed by atoms with Crippen LogP contribution in [0.4, 0.5) is 0 Å². The topological polar surface area (TPSA) is 0 Å². The first kappa shape index (κ1) is 37.5. The first-order valence-corrected chi connectivity index (χ1v) is 14.1. The summed E-state index contributed by atoms with van der Waals surface area (Å²) in [6.07, 6.45) is 12.2. The van der Waals surface area contributed by atoms with Crippen LogP contribution < -0.4 is 0 Å². The van der Waals surface area contributed by atoms with Crippen LogP contribution in [0.5, 0.6) is 0 Å². The summed E-state index contributed by atoms with van der Waals surface area (Å²) < 4.78 is 0. The molecule has 0 aromatic heterocycles. The van der Waals surface area contributed by atoms with Gasteiger partial charge >= 0.3 is 0 Å². The van der Waals surface area contributed by atoms with Crippen LogP contribution in [-0.4, -0.2) is 0 Å². The van der Waals surface area contributed by atoms with Crippen LogP contribution in [0.15, 0.2) is 0 Å². The average Bonchev–Trinajstić information content (AvgIpc) is 2.45. The van der Waals surface area contributed by atoms with Crippen molar-refractivity contribution in [3.05, 3.63) is 0 Å². The Morgan fingerprint density at radius 2 is 0.364 bits per heavy atom. The van der Waals surface area contributed by atoms with Gasteiger partial charge in [-0.15, -0.1) is 0 Å². The maximum atomic E-state index is 2.32. The van der Waals surface area contributed by atoms with Gasteiger partial charge in [0.15, 0.2) is 0 Å². The molecule has 0 fully saturated rings. The Morgan fingerprint density at radius 1 is 0.212 bits per heavy atom. The molecule has 0 aliphatic heterocycles. The normalized spacial score (nSPS) is 13.6. The first-order chi connectivity index (χ1) is 14.1. The lowest BCUT2D eigenvalue weighted by Gasteiger charge is -2.24. The van der Waals surface area contributed by atoms with E-state index >= 15 is 0 Å². The molecule has 0 bridgehead atoms. The number of rotatable bonds is 6. The Bertz CT molecular complexity index is 393. The molecule has 0 N–H and O–H groups in total. The fraction of sp³-hybridized carbons (Fsp3) is 1.00. The van der Waals surface area contributed by atoms with E-state index in [-0.39, 0.29) is 0 Å². The SMILES string of the molecule is CC(C)(C)CCC(C)(C)C.CC(C)(C)CCCC(C)(C)C.CC(C)(C)CCCCC(C)(C)C. The molecule has 0 rings (SSSR count). The van der Waals surface area contributed by atoms with Gasteiger partial charge in [-0.3, -0.25) is 0 Å². The zero-order valence-corrected chi connectivity index (χ0v) is 27.4. The lowest BCUT2D eigenvalue weighted by Crippen LogP contribution is -2.12. The van der Waals surface area contributed by atoms with Crippen molar-refractivity contribution in [1.82, 2.24) is 0 Å². The van der Waals surface area contributed by atoms with Crippen LogP contribution in [0.2, 0.25) is 0 Å². The molecule has 0 aliphatic rings. The summed E-state index contributed by atoms with van der Waals surface area (Å²) in [4.78, 5) is 0. The molecule has 0 nitrogen and oxygen atoms in total. The summed E-state index contributed by atoms with van der Waals surface area (Å²) in [7, 11) is 0. The van der Waals surface area contributed by atoms with Crippen LogP contribution in [0.25, 0.3) is 0 Å². The average molecular weight is 469 g/mol. The minimum absolute atomic E-state index is 0.507. The van der Waals surface area contributed by atoms with Crippen LogP contribution in [-0.2, 0) is 0 Å². The Labute approximate surface area is 214 Å². The molecule has 0 saturated heterocycles. The Balaban J connectivity index is -0.000000411. The van der Waals surface area contributed by atoms with Crippen molar-refractivity contribution in [2.24, 2.45) is 32.5 Å². The van der Waals surface area contributed by atoms with Gasteiger partial charge in [-0.05, 0) is 71.0 Å². The minimum Gasteiger partial charge on any atom is -0.0602 e. The quantitative estimate of drug-likeness (QED) is 0.340. The van der Waals surface area contributed by atoms with E-state index in [2.05, 4.69) is 125 Å². The van der Waals surface area contributed by atoms with Crippen molar-refractivity contribution < 1.29 is 0 Å². The van der Waals surface area contributed by atoms with Crippen molar-refractivity contribution in [2.45, 2.75) is 182 Å². The van der Waals surface area contributed by atoms with Crippen molar-refractivity contribution in [3.63, 3.8) is 0 Å². The van der Waals surface area contributed by atoms with Gasteiger partial charge in [-0.1, -0.05) is 144 Å². The second-order valence-corrected chi connectivity index (χ2v) is 17.9. The molecule has 0 atom stereocenters. The van der Waals surface area contributed by atoms with E-state index in [1.807, 2.05) is 0 Å². The van der Waals surface area contributed by atoms with Gasteiger partial charge in [-0.25, -0.2) is 0 Å². The standard InChI is InChI=1S/C12H26.C11H24.C10H22/c1-11(2,3)9-7-8-10-12(4,5)6;1-10(2,3)8-7-9-11(4,5)6;1-9(2,3)7-8-10(4,5)6/h7-10H2,1-6H3;7-9H2,1-6H3;7-8H2,1-6H3. The van der Waals surface area contributed by atoms with E-state index in [4.69, 9.17) is 0 Å². The summed E-state index contributed by atoms with van der Waals surface area (Å²) in [5, 5.41) is 0. The number of unbranched alkanes of at least 4 members (excludes halogenated alkanes) is 1. The van der Waals surface area contributed by atoms with E-state index in [9.17, 15) is 0 Å². The van der Waals surface area contributed by atoms with Gasteiger partial charge in [0.2, 0.25) is 0 Å². The Hall–Kier alpha value is 0. The third-order valence-electron chi connectivity index (χ3n) is 5.58. The van der Waals surface area contributed by atoms with Crippen molar-refractivity contribution >= 4 is 0 Å².